The van der Waals surface area contributed by atoms with Gasteiger partial charge in [-0.15, -0.1) is 10.2 Å². The van der Waals surface area contributed by atoms with E-state index in [1.807, 2.05) is 37.3 Å². The Morgan fingerprint density at radius 1 is 1.09 bits per heavy atom. The van der Waals surface area contributed by atoms with E-state index in [2.05, 4.69) is 20.5 Å². The standard InChI is InChI=1S/C17H17N5O/c1-2-14(13-7-4-3-5-8-13)21-17(23)15-9-6-10-16(20-15)22-11-18-19-12-22/h3-12,14H,2H2,1H3,(H,21,23)/t14-/m1/s1. The molecule has 2 aromatic heterocycles. The average molecular weight is 307 g/mol. The molecule has 1 N–H and O–H groups in total. The van der Waals surface area contributed by atoms with Crippen LogP contribution in [0.3, 0.4) is 0 Å². The van der Waals surface area contributed by atoms with E-state index in [0.717, 1.165) is 12.0 Å². The third-order valence-corrected chi connectivity index (χ3v) is 3.57. The van der Waals surface area contributed by atoms with Crippen molar-refractivity contribution in [1.29, 1.82) is 0 Å². The maximum Gasteiger partial charge on any atom is 0.270 e. The number of nitrogens with one attached hydrogen (secondary N) is 1. The minimum atomic E-state index is -0.198. The number of rotatable bonds is 5. The maximum atomic E-state index is 12.5. The molecule has 0 unspecified atom stereocenters. The van der Waals surface area contributed by atoms with Gasteiger partial charge in [0.1, 0.15) is 24.2 Å². The van der Waals surface area contributed by atoms with Gasteiger partial charge in [-0.3, -0.25) is 9.36 Å². The predicted molar refractivity (Wildman–Crippen MR) is 86.1 cm³/mol. The number of aromatic nitrogens is 4. The number of amides is 1. The molecule has 1 amide bonds. The summed E-state index contributed by atoms with van der Waals surface area (Å²) < 4.78 is 1.66. The number of carbonyl (C=O) groups is 1. The van der Waals surface area contributed by atoms with Crippen LogP contribution in [-0.4, -0.2) is 25.7 Å². The zero-order valence-corrected chi connectivity index (χ0v) is 12.8. The maximum absolute atomic E-state index is 12.5. The van der Waals surface area contributed by atoms with Crippen LogP contribution in [0.5, 0.6) is 0 Å². The first-order valence-corrected chi connectivity index (χ1v) is 7.46. The highest BCUT2D eigenvalue weighted by molar-refractivity contribution is 5.92. The van der Waals surface area contributed by atoms with Crippen LogP contribution in [0.1, 0.15) is 35.4 Å². The van der Waals surface area contributed by atoms with Gasteiger partial charge in [0.15, 0.2) is 0 Å². The van der Waals surface area contributed by atoms with Crippen molar-refractivity contribution in [3.05, 3.63) is 72.4 Å². The van der Waals surface area contributed by atoms with Crippen LogP contribution in [-0.2, 0) is 0 Å². The number of benzene rings is 1. The van der Waals surface area contributed by atoms with Crippen molar-refractivity contribution >= 4 is 5.91 Å². The first-order valence-electron chi connectivity index (χ1n) is 7.46. The summed E-state index contributed by atoms with van der Waals surface area (Å²) >= 11 is 0. The zero-order chi connectivity index (χ0) is 16.1. The van der Waals surface area contributed by atoms with Crippen molar-refractivity contribution in [3.8, 4) is 5.82 Å². The van der Waals surface area contributed by atoms with Gasteiger partial charge >= 0.3 is 0 Å². The SMILES string of the molecule is CC[C@@H](NC(=O)c1cccc(-n2cnnc2)n1)c1ccccc1. The van der Waals surface area contributed by atoms with Crippen molar-refractivity contribution in [1.82, 2.24) is 25.1 Å². The minimum absolute atomic E-state index is 0.0379. The van der Waals surface area contributed by atoms with E-state index in [0.29, 0.717) is 11.5 Å². The van der Waals surface area contributed by atoms with Gasteiger partial charge in [-0.1, -0.05) is 43.3 Å². The van der Waals surface area contributed by atoms with E-state index in [-0.39, 0.29) is 11.9 Å². The molecule has 0 aliphatic rings. The van der Waals surface area contributed by atoms with Crippen LogP contribution in [0.15, 0.2) is 61.2 Å². The molecule has 0 spiro atoms. The van der Waals surface area contributed by atoms with Crippen LogP contribution >= 0.6 is 0 Å². The molecule has 0 bridgehead atoms. The zero-order valence-electron chi connectivity index (χ0n) is 12.8. The molecule has 23 heavy (non-hydrogen) atoms. The first-order chi connectivity index (χ1) is 11.3. The Bertz CT molecular complexity index is 771. The third-order valence-electron chi connectivity index (χ3n) is 3.57. The number of nitrogens with zero attached hydrogens (tertiary/aromatic N) is 4. The Hall–Kier alpha value is -3.02. The Balaban J connectivity index is 1.79. The quantitative estimate of drug-likeness (QED) is 0.786. The van der Waals surface area contributed by atoms with E-state index in [1.165, 1.54) is 0 Å². The monoisotopic (exact) mass is 307 g/mol. The molecule has 1 atom stereocenters. The molecule has 6 heteroatoms. The fourth-order valence-corrected chi connectivity index (χ4v) is 2.35. The van der Waals surface area contributed by atoms with Crippen LogP contribution in [0, 0.1) is 0 Å². The van der Waals surface area contributed by atoms with Crippen molar-refractivity contribution in [2.45, 2.75) is 19.4 Å². The van der Waals surface area contributed by atoms with Crippen molar-refractivity contribution < 1.29 is 4.79 Å². The van der Waals surface area contributed by atoms with Gasteiger partial charge in [0.05, 0.1) is 6.04 Å². The van der Waals surface area contributed by atoms with Gasteiger partial charge in [0.25, 0.3) is 5.91 Å². The Morgan fingerprint density at radius 2 is 1.83 bits per heavy atom. The predicted octanol–water partition coefficient (Wildman–Crippen LogP) is 2.54. The molecule has 0 aliphatic heterocycles. The molecule has 0 saturated carbocycles. The van der Waals surface area contributed by atoms with Crippen molar-refractivity contribution in [2.24, 2.45) is 0 Å². The molecule has 0 radical (unpaired) electrons. The first kappa shape index (κ1) is 14.9. The number of hydrogen-bond acceptors (Lipinski definition) is 4. The molecule has 0 fully saturated rings. The summed E-state index contributed by atoms with van der Waals surface area (Å²) in [6.07, 6.45) is 3.90. The van der Waals surface area contributed by atoms with E-state index in [9.17, 15) is 4.79 Å². The lowest BCUT2D eigenvalue weighted by Gasteiger charge is -2.17. The van der Waals surface area contributed by atoms with E-state index >= 15 is 0 Å². The van der Waals surface area contributed by atoms with E-state index in [1.54, 1.807) is 35.4 Å². The molecule has 3 aromatic rings. The molecule has 2 heterocycles. The van der Waals surface area contributed by atoms with Crippen molar-refractivity contribution in [2.75, 3.05) is 0 Å². The molecule has 0 saturated heterocycles. The highest BCUT2D eigenvalue weighted by atomic mass is 16.1. The summed E-state index contributed by atoms with van der Waals surface area (Å²) in [5, 5.41) is 10.5. The fourth-order valence-electron chi connectivity index (χ4n) is 2.35. The molecule has 1 aromatic carbocycles. The van der Waals surface area contributed by atoms with Gasteiger partial charge in [-0.25, -0.2) is 4.98 Å². The summed E-state index contributed by atoms with van der Waals surface area (Å²) in [6.45, 7) is 2.04. The lowest BCUT2D eigenvalue weighted by atomic mass is 10.0. The van der Waals surface area contributed by atoms with Gasteiger partial charge in [0, 0.05) is 0 Å². The second kappa shape index (κ2) is 6.83. The summed E-state index contributed by atoms with van der Waals surface area (Å²) in [4.78, 5) is 16.9. The van der Waals surface area contributed by atoms with Gasteiger partial charge in [0.2, 0.25) is 0 Å². The van der Waals surface area contributed by atoms with Crippen LogP contribution in [0.2, 0.25) is 0 Å². The van der Waals surface area contributed by atoms with E-state index in [4.69, 9.17) is 0 Å². The molecule has 3 rings (SSSR count). The van der Waals surface area contributed by atoms with Crippen molar-refractivity contribution in [3.63, 3.8) is 0 Å². The number of carbonyl (C=O) groups excluding carboxylic acids is 1. The highest BCUT2D eigenvalue weighted by Crippen LogP contribution is 2.16. The Labute approximate surface area is 134 Å². The number of pyridine rings is 1. The second-order valence-corrected chi connectivity index (χ2v) is 5.10. The largest absolute Gasteiger partial charge is 0.344 e. The van der Waals surface area contributed by atoms with Gasteiger partial charge in [-0.05, 0) is 24.1 Å². The lowest BCUT2D eigenvalue weighted by Crippen LogP contribution is -2.29. The normalized spacial score (nSPS) is 11.9. The Kier molecular flexibility index (Phi) is 4.42. The molecular formula is C17H17N5O. The summed E-state index contributed by atoms with van der Waals surface area (Å²) in [5.74, 6) is 0.408. The molecule has 6 nitrogen and oxygen atoms in total. The summed E-state index contributed by atoms with van der Waals surface area (Å²) in [6, 6.07) is 15.2. The average Bonchev–Trinajstić information content (AvgIpc) is 3.15. The highest BCUT2D eigenvalue weighted by Gasteiger charge is 2.15. The fraction of sp³-hybridized carbons (Fsp3) is 0.176. The van der Waals surface area contributed by atoms with Gasteiger partial charge < -0.3 is 5.32 Å². The third kappa shape index (κ3) is 3.42. The summed E-state index contributed by atoms with van der Waals surface area (Å²) in [7, 11) is 0. The molecule has 116 valence electrons. The van der Waals surface area contributed by atoms with Crippen LogP contribution in [0.4, 0.5) is 0 Å². The van der Waals surface area contributed by atoms with E-state index < -0.39 is 0 Å². The number of hydrogen-bond donors (Lipinski definition) is 1. The summed E-state index contributed by atoms with van der Waals surface area (Å²) in [5.41, 5.74) is 1.45. The minimum Gasteiger partial charge on any atom is -0.344 e. The second-order valence-electron chi connectivity index (χ2n) is 5.10. The van der Waals surface area contributed by atoms with Crippen LogP contribution in [0.25, 0.3) is 5.82 Å². The molecular weight excluding hydrogens is 290 g/mol. The Morgan fingerprint density at radius 3 is 2.52 bits per heavy atom. The topological polar surface area (TPSA) is 72.7 Å². The lowest BCUT2D eigenvalue weighted by molar-refractivity contribution is 0.0930. The van der Waals surface area contributed by atoms with Gasteiger partial charge in [-0.2, -0.15) is 0 Å². The smallest absolute Gasteiger partial charge is 0.270 e. The van der Waals surface area contributed by atoms with Crippen LogP contribution < -0.4 is 5.32 Å². The molecule has 0 aliphatic carbocycles.